The van der Waals surface area contributed by atoms with E-state index in [0.29, 0.717) is 30.2 Å². The Hall–Kier alpha value is -3.32. The van der Waals surface area contributed by atoms with Gasteiger partial charge in [0.1, 0.15) is 0 Å². The van der Waals surface area contributed by atoms with Crippen LogP contribution in [-0.4, -0.2) is 68.7 Å². The van der Waals surface area contributed by atoms with Crippen LogP contribution in [0.2, 0.25) is 0 Å². The van der Waals surface area contributed by atoms with Gasteiger partial charge in [-0.1, -0.05) is 42.0 Å². The Morgan fingerprint density at radius 2 is 1.75 bits per heavy atom. The van der Waals surface area contributed by atoms with Crippen LogP contribution in [0.5, 0.6) is 11.5 Å². The number of benzene rings is 2. The number of para-hydroxylation sites is 1. The monoisotopic (exact) mass is 438 g/mol. The number of amides is 1. The minimum Gasteiger partial charge on any atom is -0.493 e. The number of rotatable bonds is 8. The highest BCUT2D eigenvalue weighted by Gasteiger charge is 2.22. The van der Waals surface area contributed by atoms with E-state index < -0.39 is 5.97 Å². The normalized spacial score (nSPS) is 14.4. The molecular weight excluding hydrogens is 408 g/mol. The zero-order valence-electron chi connectivity index (χ0n) is 18.9. The van der Waals surface area contributed by atoms with Gasteiger partial charge in [-0.3, -0.25) is 9.69 Å². The molecule has 2 aromatic rings. The summed E-state index contributed by atoms with van der Waals surface area (Å²) in [5, 5.41) is 0. The number of piperazine rings is 1. The molecule has 1 heterocycles. The Kier molecular flexibility index (Phi) is 8.27. The molecule has 0 saturated carbocycles. The largest absolute Gasteiger partial charge is 0.493 e. The molecule has 0 bridgehead atoms. The van der Waals surface area contributed by atoms with Crippen molar-refractivity contribution in [2.45, 2.75) is 13.5 Å². The van der Waals surface area contributed by atoms with Gasteiger partial charge in [0.05, 0.1) is 14.2 Å². The highest BCUT2D eigenvalue weighted by molar-refractivity contribution is 5.90. The fourth-order valence-corrected chi connectivity index (χ4v) is 3.70. The van der Waals surface area contributed by atoms with Crippen LogP contribution in [-0.2, 0) is 20.9 Å². The number of carbonyl (C=O) groups excluding carboxylic acids is 2. The molecule has 1 aliphatic heterocycles. The lowest BCUT2D eigenvalue weighted by Gasteiger charge is -2.34. The van der Waals surface area contributed by atoms with E-state index in [2.05, 4.69) is 36.1 Å². The van der Waals surface area contributed by atoms with Crippen molar-refractivity contribution in [2.24, 2.45) is 0 Å². The maximum atomic E-state index is 12.4. The van der Waals surface area contributed by atoms with Gasteiger partial charge in [-0.15, -0.1) is 0 Å². The maximum Gasteiger partial charge on any atom is 0.331 e. The first kappa shape index (κ1) is 23.3. The highest BCUT2D eigenvalue weighted by atomic mass is 16.5. The summed E-state index contributed by atoms with van der Waals surface area (Å²) in [7, 11) is 3.08. The van der Waals surface area contributed by atoms with Crippen molar-refractivity contribution in [3.05, 3.63) is 65.2 Å². The molecule has 0 aliphatic carbocycles. The van der Waals surface area contributed by atoms with Gasteiger partial charge >= 0.3 is 5.97 Å². The van der Waals surface area contributed by atoms with Crippen LogP contribution >= 0.6 is 0 Å². The summed E-state index contributed by atoms with van der Waals surface area (Å²) in [4.78, 5) is 28.6. The first-order valence-electron chi connectivity index (χ1n) is 10.6. The molecule has 1 fully saturated rings. The molecule has 1 amide bonds. The fraction of sp³-hybridized carbons (Fsp3) is 0.360. The number of esters is 1. The summed E-state index contributed by atoms with van der Waals surface area (Å²) in [6, 6.07) is 13.8. The van der Waals surface area contributed by atoms with Gasteiger partial charge in [0.25, 0.3) is 5.91 Å². The van der Waals surface area contributed by atoms with Gasteiger partial charge in [-0.25, -0.2) is 4.79 Å². The summed E-state index contributed by atoms with van der Waals surface area (Å²) in [5.41, 5.74) is 3.20. The van der Waals surface area contributed by atoms with E-state index >= 15 is 0 Å². The van der Waals surface area contributed by atoms with Gasteiger partial charge in [0.2, 0.25) is 0 Å². The van der Waals surface area contributed by atoms with Crippen molar-refractivity contribution < 1.29 is 23.8 Å². The highest BCUT2D eigenvalue weighted by Crippen LogP contribution is 2.31. The van der Waals surface area contributed by atoms with Crippen LogP contribution in [0, 0.1) is 6.92 Å². The van der Waals surface area contributed by atoms with Gasteiger partial charge in [-0.05, 0) is 24.6 Å². The molecule has 170 valence electrons. The lowest BCUT2D eigenvalue weighted by atomic mass is 10.1. The molecule has 0 aromatic heterocycles. The molecule has 3 rings (SSSR count). The lowest BCUT2D eigenvalue weighted by molar-refractivity contribution is -0.149. The Balaban J connectivity index is 1.44. The standard InChI is InChI=1S/C25H30N2O5/c1-19-6-4-7-20(16-19)17-26-12-14-27(15-13-26)23(28)18-32-24(29)11-10-21-8-5-9-22(30-2)25(21)31-3/h4-11,16H,12-15,17-18H2,1-3H3/b11-10+. The molecule has 0 atom stereocenters. The summed E-state index contributed by atoms with van der Waals surface area (Å²) in [5.74, 6) is 0.334. The third kappa shape index (κ3) is 6.34. The average molecular weight is 439 g/mol. The van der Waals surface area contributed by atoms with Crippen LogP contribution in [0.25, 0.3) is 6.08 Å². The number of aryl methyl sites for hydroxylation is 1. The molecule has 2 aromatic carbocycles. The molecule has 1 aliphatic rings. The van der Waals surface area contributed by atoms with E-state index in [4.69, 9.17) is 14.2 Å². The Bertz CT molecular complexity index is 965. The van der Waals surface area contributed by atoms with Gasteiger partial charge in [-0.2, -0.15) is 0 Å². The van der Waals surface area contributed by atoms with Crippen molar-refractivity contribution >= 4 is 18.0 Å². The van der Waals surface area contributed by atoms with Crippen molar-refractivity contribution in [2.75, 3.05) is 47.0 Å². The van der Waals surface area contributed by atoms with E-state index in [-0.39, 0.29) is 12.5 Å². The van der Waals surface area contributed by atoms with Crippen molar-refractivity contribution in [3.8, 4) is 11.5 Å². The van der Waals surface area contributed by atoms with Crippen molar-refractivity contribution in [3.63, 3.8) is 0 Å². The molecule has 0 radical (unpaired) electrons. The maximum absolute atomic E-state index is 12.4. The smallest absolute Gasteiger partial charge is 0.331 e. The van der Waals surface area contributed by atoms with E-state index in [0.717, 1.165) is 19.6 Å². The molecule has 0 N–H and O–H groups in total. The van der Waals surface area contributed by atoms with Crippen molar-refractivity contribution in [1.82, 2.24) is 9.80 Å². The summed E-state index contributed by atoms with van der Waals surface area (Å²) < 4.78 is 15.7. The topological polar surface area (TPSA) is 68.3 Å². The molecule has 7 nitrogen and oxygen atoms in total. The molecule has 1 saturated heterocycles. The van der Waals surface area contributed by atoms with Gasteiger partial charge in [0, 0.05) is 44.4 Å². The zero-order chi connectivity index (χ0) is 22.9. The zero-order valence-corrected chi connectivity index (χ0v) is 18.9. The molecule has 0 unspecified atom stereocenters. The number of nitrogens with zero attached hydrogens (tertiary/aromatic N) is 2. The third-order valence-corrected chi connectivity index (χ3v) is 5.38. The first-order valence-corrected chi connectivity index (χ1v) is 10.6. The molecule has 0 spiro atoms. The Morgan fingerprint density at radius 1 is 1.00 bits per heavy atom. The molecule has 32 heavy (non-hydrogen) atoms. The van der Waals surface area contributed by atoms with Crippen molar-refractivity contribution in [1.29, 1.82) is 0 Å². The number of carbonyl (C=O) groups is 2. The Labute approximate surface area is 189 Å². The summed E-state index contributed by atoms with van der Waals surface area (Å²) >= 11 is 0. The predicted molar refractivity (Wildman–Crippen MR) is 123 cm³/mol. The second kappa shape index (κ2) is 11.3. The number of methoxy groups -OCH3 is 2. The number of ether oxygens (including phenoxy) is 3. The second-order valence-corrected chi connectivity index (χ2v) is 7.67. The first-order chi connectivity index (χ1) is 15.5. The predicted octanol–water partition coefficient (Wildman–Crippen LogP) is 2.91. The number of hydrogen-bond acceptors (Lipinski definition) is 6. The van der Waals surface area contributed by atoms with Gasteiger partial charge < -0.3 is 19.1 Å². The van der Waals surface area contributed by atoms with E-state index in [9.17, 15) is 9.59 Å². The van der Waals surface area contributed by atoms with E-state index in [1.165, 1.54) is 24.3 Å². The minimum atomic E-state index is -0.582. The average Bonchev–Trinajstić information content (AvgIpc) is 2.81. The van der Waals surface area contributed by atoms with Crippen LogP contribution in [0.1, 0.15) is 16.7 Å². The molecule has 7 heteroatoms. The SMILES string of the molecule is COc1cccc(/C=C/C(=O)OCC(=O)N2CCN(Cc3cccc(C)c3)CC2)c1OC. The fourth-order valence-electron chi connectivity index (χ4n) is 3.70. The minimum absolute atomic E-state index is 0.180. The van der Waals surface area contributed by atoms with Gasteiger partial charge in [0.15, 0.2) is 18.1 Å². The van der Waals surface area contributed by atoms with Crippen LogP contribution in [0.15, 0.2) is 48.5 Å². The third-order valence-electron chi connectivity index (χ3n) is 5.38. The Morgan fingerprint density at radius 3 is 2.44 bits per heavy atom. The van der Waals surface area contributed by atoms with Crippen LogP contribution in [0.4, 0.5) is 0 Å². The van der Waals surface area contributed by atoms with Crippen LogP contribution < -0.4 is 9.47 Å². The number of hydrogen-bond donors (Lipinski definition) is 0. The van der Waals surface area contributed by atoms with E-state index in [1.54, 1.807) is 36.3 Å². The van der Waals surface area contributed by atoms with Crippen LogP contribution in [0.3, 0.4) is 0 Å². The van der Waals surface area contributed by atoms with E-state index in [1.807, 2.05) is 0 Å². The summed E-state index contributed by atoms with van der Waals surface area (Å²) in [6.07, 6.45) is 2.86. The second-order valence-electron chi connectivity index (χ2n) is 7.67. The molecular formula is C25H30N2O5. The summed E-state index contributed by atoms with van der Waals surface area (Å²) in [6.45, 7) is 5.53. The lowest BCUT2D eigenvalue weighted by Crippen LogP contribution is -2.49. The quantitative estimate of drug-likeness (QED) is 0.466.